The number of ether oxygens (including phenoxy) is 1. The Hall–Kier alpha value is -1.08. The predicted molar refractivity (Wildman–Crippen MR) is 82.3 cm³/mol. The number of halogens is 1. The van der Waals surface area contributed by atoms with Crippen molar-refractivity contribution in [2.24, 2.45) is 5.73 Å². The van der Waals surface area contributed by atoms with Crippen molar-refractivity contribution in [1.29, 1.82) is 0 Å². The number of carbonyl (C=O) groups is 1. The zero-order chi connectivity index (χ0) is 13.8. The van der Waals surface area contributed by atoms with Crippen LogP contribution in [0.5, 0.6) is 0 Å². The summed E-state index contributed by atoms with van der Waals surface area (Å²) in [5.74, 6) is -0.315. The Morgan fingerprint density at radius 2 is 2.11 bits per heavy atom. The van der Waals surface area contributed by atoms with Gasteiger partial charge in [0.05, 0.1) is 12.7 Å². The lowest BCUT2D eigenvalue weighted by atomic mass is 10.1. The first-order valence-corrected chi connectivity index (χ1v) is 7.20. The Kier molecular flexibility index (Phi) is 4.81. The van der Waals surface area contributed by atoms with E-state index in [2.05, 4.69) is 51.8 Å². The maximum Gasteiger partial charge on any atom is 0.336 e. The second kappa shape index (κ2) is 6.38. The van der Waals surface area contributed by atoms with Crippen LogP contribution in [-0.4, -0.2) is 31.1 Å². The molecule has 2 rings (SSSR count). The Bertz CT molecular complexity index is 497. The third kappa shape index (κ3) is 3.70. The third-order valence-corrected chi connectivity index (χ3v) is 3.94. The number of nitrogens with two attached hydrogens (primary N) is 1. The molecule has 0 atom stereocenters. The van der Waals surface area contributed by atoms with Gasteiger partial charge in [-0.3, -0.25) is 4.90 Å². The molecule has 0 aliphatic carbocycles. The molecular weight excluding hydrogens is 355 g/mol. The van der Waals surface area contributed by atoms with Gasteiger partial charge in [0.1, 0.15) is 0 Å². The van der Waals surface area contributed by atoms with E-state index >= 15 is 0 Å². The van der Waals surface area contributed by atoms with Gasteiger partial charge in [-0.15, -0.1) is 0 Å². The summed E-state index contributed by atoms with van der Waals surface area (Å²) in [4.78, 5) is 13.8. The fourth-order valence-corrected chi connectivity index (χ4v) is 2.50. The van der Waals surface area contributed by atoms with Crippen LogP contribution < -0.4 is 5.73 Å². The first-order valence-electron chi connectivity index (χ1n) is 6.12. The highest BCUT2D eigenvalue weighted by atomic mass is 127. The molecule has 1 aliphatic rings. The SMILES string of the molecule is COC(=O)C1=C(N)CCN(Cc2ccc(I)cc2)C1. The van der Waals surface area contributed by atoms with E-state index in [-0.39, 0.29) is 5.97 Å². The zero-order valence-electron chi connectivity index (χ0n) is 10.9. The molecule has 0 bridgehead atoms. The molecule has 5 heteroatoms. The summed E-state index contributed by atoms with van der Waals surface area (Å²) in [5.41, 5.74) is 8.38. The molecule has 4 nitrogen and oxygen atoms in total. The fourth-order valence-electron chi connectivity index (χ4n) is 2.14. The summed E-state index contributed by atoms with van der Waals surface area (Å²) in [6, 6.07) is 8.40. The van der Waals surface area contributed by atoms with Gasteiger partial charge in [-0.1, -0.05) is 12.1 Å². The highest BCUT2D eigenvalue weighted by molar-refractivity contribution is 14.1. The summed E-state index contributed by atoms with van der Waals surface area (Å²) < 4.78 is 5.99. The Morgan fingerprint density at radius 1 is 1.42 bits per heavy atom. The maximum absolute atomic E-state index is 11.6. The molecule has 1 heterocycles. The van der Waals surface area contributed by atoms with Crippen LogP contribution in [-0.2, 0) is 16.1 Å². The minimum Gasteiger partial charge on any atom is -0.466 e. The summed E-state index contributed by atoms with van der Waals surface area (Å²) in [6.45, 7) is 2.26. The summed E-state index contributed by atoms with van der Waals surface area (Å²) >= 11 is 2.29. The van der Waals surface area contributed by atoms with E-state index in [4.69, 9.17) is 10.5 Å². The van der Waals surface area contributed by atoms with E-state index < -0.39 is 0 Å². The van der Waals surface area contributed by atoms with Crippen LogP contribution in [0.2, 0.25) is 0 Å². The van der Waals surface area contributed by atoms with Gasteiger partial charge in [0.15, 0.2) is 0 Å². The van der Waals surface area contributed by atoms with Crippen LogP contribution in [0.4, 0.5) is 0 Å². The number of benzene rings is 1. The van der Waals surface area contributed by atoms with Crippen LogP contribution in [0.25, 0.3) is 0 Å². The van der Waals surface area contributed by atoms with Crippen molar-refractivity contribution in [2.45, 2.75) is 13.0 Å². The van der Waals surface area contributed by atoms with E-state index in [1.54, 1.807) is 0 Å². The largest absolute Gasteiger partial charge is 0.466 e. The number of nitrogens with zero attached hydrogens (tertiary/aromatic N) is 1. The van der Waals surface area contributed by atoms with Gasteiger partial charge in [-0.05, 0) is 40.3 Å². The Labute approximate surface area is 126 Å². The maximum atomic E-state index is 11.6. The zero-order valence-corrected chi connectivity index (χ0v) is 13.0. The highest BCUT2D eigenvalue weighted by Crippen LogP contribution is 2.18. The van der Waals surface area contributed by atoms with E-state index in [1.807, 2.05) is 0 Å². The quantitative estimate of drug-likeness (QED) is 0.651. The molecule has 1 aromatic carbocycles. The molecule has 0 unspecified atom stereocenters. The lowest BCUT2D eigenvalue weighted by Gasteiger charge is -2.28. The number of methoxy groups -OCH3 is 1. The average molecular weight is 372 g/mol. The smallest absolute Gasteiger partial charge is 0.336 e. The van der Waals surface area contributed by atoms with Crippen LogP contribution >= 0.6 is 22.6 Å². The normalized spacial score (nSPS) is 16.5. The molecule has 0 saturated heterocycles. The second-order valence-corrected chi connectivity index (χ2v) is 5.83. The molecule has 0 saturated carbocycles. The van der Waals surface area contributed by atoms with Crippen molar-refractivity contribution in [1.82, 2.24) is 4.90 Å². The van der Waals surface area contributed by atoms with Crippen molar-refractivity contribution in [3.8, 4) is 0 Å². The van der Waals surface area contributed by atoms with Crippen LogP contribution in [0.3, 0.4) is 0 Å². The van der Waals surface area contributed by atoms with Crippen molar-refractivity contribution in [2.75, 3.05) is 20.2 Å². The lowest BCUT2D eigenvalue weighted by Crippen LogP contribution is -2.35. The molecule has 0 amide bonds. The van der Waals surface area contributed by atoms with Crippen molar-refractivity contribution in [3.05, 3.63) is 44.7 Å². The first-order chi connectivity index (χ1) is 9.10. The summed E-state index contributed by atoms with van der Waals surface area (Å²) in [5, 5.41) is 0. The van der Waals surface area contributed by atoms with Gasteiger partial charge in [-0.25, -0.2) is 4.79 Å². The molecule has 0 spiro atoms. The van der Waals surface area contributed by atoms with Gasteiger partial charge < -0.3 is 10.5 Å². The molecule has 2 N–H and O–H groups in total. The Balaban J connectivity index is 2.04. The number of esters is 1. The Morgan fingerprint density at radius 3 is 2.74 bits per heavy atom. The fraction of sp³-hybridized carbons (Fsp3) is 0.357. The van der Waals surface area contributed by atoms with Crippen molar-refractivity contribution >= 4 is 28.6 Å². The number of carbonyl (C=O) groups excluding carboxylic acids is 1. The molecule has 0 aromatic heterocycles. The number of rotatable bonds is 3. The molecule has 19 heavy (non-hydrogen) atoms. The molecular formula is C14H17IN2O2. The standard InChI is InChI=1S/C14H17IN2O2/c1-19-14(18)12-9-17(7-6-13(12)16)8-10-2-4-11(15)5-3-10/h2-5H,6-9,16H2,1H3. The van der Waals surface area contributed by atoms with E-state index in [9.17, 15) is 4.79 Å². The minimum absolute atomic E-state index is 0.315. The van der Waals surface area contributed by atoms with Gasteiger partial charge >= 0.3 is 5.97 Å². The monoisotopic (exact) mass is 372 g/mol. The molecule has 0 fully saturated rings. The van der Waals surface area contributed by atoms with Crippen molar-refractivity contribution < 1.29 is 9.53 Å². The van der Waals surface area contributed by atoms with E-state index in [0.717, 1.165) is 19.5 Å². The van der Waals surface area contributed by atoms with Gasteiger partial charge in [-0.2, -0.15) is 0 Å². The van der Waals surface area contributed by atoms with E-state index in [1.165, 1.54) is 16.2 Å². The predicted octanol–water partition coefficient (Wildman–Crippen LogP) is 1.88. The highest BCUT2D eigenvalue weighted by Gasteiger charge is 2.22. The molecule has 1 aromatic rings. The minimum atomic E-state index is -0.315. The average Bonchev–Trinajstić information content (AvgIpc) is 2.42. The summed E-state index contributed by atoms with van der Waals surface area (Å²) in [6.07, 6.45) is 0.717. The molecule has 0 radical (unpaired) electrons. The van der Waals surface area contributed by atoms with Crippen LogP contribution in [0, 0.1) is 3.57 Å². The summed E-state index contributed by atoms with van der Waals surface area (Å²) in [7, 11) is 1.39. The number of hydrogen-bond donors (Lipinski definition) is 1. The van der Waals surface area contributed by atoms with Crippen LogP contribution in [0.1, 0.15) is 12.0 Å². The first kappa shape index (κ1) is 14.3. The van der Waals surface area contributed by atoms with E-state index in [0.29, 0.717) is 17.8 Å². The molecule has 1 aliphatic heterocycles. The second-order valence-electron chi connectivity index (χ2n) is 4.58. The van der Waals surface area contributed by atoms with Gasteiger partial charge in [0.25, 0.3) is 0 Å². The van der Waals surface area contributed by atoms with Crippen LogP contribution in [0.15, 0.2) is 35.5 Å². The topological polar surface area (TPSA) is 55.6 Å². The van der Waals surface area contributed by atoms with Crippen molar-refractivity contribution in [3.63, 3.8) is 0 Å². The molecule has 102 valence electrons. The number of hydrogen-bond acceptors (Lipinski definition) is 4. The van der Waals surface area contributed by atoms with Gasteiger partial charge in [0, 0.05) is 35.3 Å². The third-order valence-electron chi connectivity index (χ3n) is 3.22. The van der Waals surface area contributed by atoms with Gasteiger partial charge in [0.2, 0.25) is 0 Å². The lowest BCUT2D eigenvalue weighted by molar-refractivity contribution is -0.136.